The molecule has 0 heterocycles. The van der Waals surface area contributed by atoms with Crippen molar-refractivity contribution in [1.82, 2.24) is 10.8 Å². The monoisotopic (exact) mass is 394 g/mol. The largest absolute Gasteiger partial charge is 0.352 e. The summed E-state index contributed by atoms with van der Waals surface area (Å²) in [4.78, 5) is 23.9. The fourth-order valence-corrected chi connectivity index (χ4v) is 3.05. The Bertz CT molecular complexity index is 987. The molecule has 0 bridgehead atoms. The number of benzene rings is 3. The molecule has 3 rings (SSSR count). The summed E-state index contributed by atoms with van der Waals surface area (Å²) in [6, 6.07) is 21.6. The summed E-state index contributed by atoms with van der Waals surface area (Å²) < 4.78 is 0. The molecule has 0 unspecified atom stereocenters. The third-order valence-electron chi connectivity index (χ3n) is 4.29. The van der Waals surface area contributed by atoms with E-state index < -0.39 is 5.91 Å². The Balaban J connectivity index is 1.65. The zero-order chi connectivity index (χ0) is 19.9. The molecular formula is C22H19ClN2O3. The van der Waals surface area contributed by atoms with E-state index in [1.807, 2.05) is 36.4 Å². The zero-order valence-electron chi connectivity index (χ0n) is 15.0. The third kappa shape index (κ3) is 4.97. The number of amides is 2. The van der Waals surface area contributed by atoms with Gasteiger partial charge in [-0.15, -0.1) is 0 Å². The lowest BCUT2D eigenvalue weighted by atomic mass is 10.0. The molecular weight excluding hydrogens is 376 g/mol. The van der Waals surface area contributed by atoms with E-state index in [9.17, 15) is 9.59 Å². The highest BCUT2D eigenvalue weighted by atomic mass is 35.5. The van der Waals surface area contributed by atoms with Gasteiger partial charge in [-0.25, -0.2) is 5.48 Å². The molecule has 0 fully saturated rings. The van der Waals surface area contributed by atoms with Gasteiger partial charge in [-0.2, -0.15) is 0 Å². The van der Waals surface area contributed by atoms with Crippen molar-refractivity contribution in [2.75, 3.05) is 6.54 Å². The Morgan fingerprint density at radius 1 is 0.821 bits per heavy atom. The molecule has 0 aromatic heterocycles. The fourth-order valence-electron chi connectivity index (χ4n) is 2.83. The van der Waals surface area contributed by atoms with Gasteiger partial charge < -0.3 is 5.32 Å². The van der Waals surface area contributed by atoms with E-state index in [4.69, 9.17) is 16.8 Å². The van der Waals surface area contributed by atoms with Gasteiger partial charge in [0.1, 0.15) is 0 Å². The Morgan fingerprint density at radius 3 is 2.29 bits per heavy atom. The minimum Gasteiger partial charge on any atom is -0.352 e. The smallest absolute Gasteiger partial charge is 0.274 e. The van der Waals surface area contributed by atoms with E-state index in [0.717, 1.165) is 16.7 Å². The number of nitrogens with one attached hydrogen (secondary N) is 2. The standard InChI is InChI=1S/C22H19ClN2O3/c23-20-6-1-3-15(13-20)11-12-24-21(26)19-5-2-4-18(14-19)16-7-9-17(10-8-16)22(27)25-28/h1-10,13-14,28H,11-12H2,(H,24,26)(H,25,27). The number of halogens is 1. The molecule has 6 heteroatoms. The summed E-state index contributed by atoms with van der Waals surface area (Å²) in [6.45, 7) is 0.508. The van der Waals surface area contributed by atoms with Crippen LogP contribution in [-0.4, -0.2) is 23.6 Å². The first-order chi connectivity index (χ1) is 13.6. The summed E-state index contributed by atoms with van der Waals surface area (Å²) >= 11 is 5.97. The molecule has 0 aliphatic carbocycles. The van der Waals surface area contributed by atoms with Crippen LogP contribution in [0.1, 0.15) is 26.3 Å². The van der Waals surface area contributed by atoms with Gasteiger partial charge in [-0.1, -0.05) is 48.0 Å². The molecule has 0 saturated heterocycles. The highest BCUT2D eigenvalue weighted by Gasteiger charge is 2.08. The number of hydroxylamine groups is 1. The number of rotatable bonds is 6. The van der Waals surface area contributed by atoms with Crippen molar-refractivity contribution in [2.24, 2.45) is 0 Å². The first-order valence-electron chi connectivity index (χ1n) is 8.74. The quantitative estimate of drug-likeness (QED) is 0.435. The highest BCUT2D eigenvalue weighted by Crippen LogP contribution is 2.21. The van der Waals surface area contributed by atoms with Crippen molar-refractivity contribution in [3.8, 4) is 11.1 Å². The lowest BCUT2D eigenvalue weighted by Crippen LogP contribution is -2.25. The van der Waals surface area contributed by atoms with E-state index in [2.05, 4.69) is 5.32 Å². The molecule has 5 nitrogen and oxygen atoms in total. The van der Waals surface area contributed by atoms with Gasteiger partial charge in [0.25, 0.3) is 11.8 Å². The fraction of sp³-hybridized carbons (Fsp3) is 0.0909. The number of carbonyl (C=O) groups excluding carboxylic acids is 2. The number of hydrogen-bond acceptors (Lipinski definition) is 3. The van der Waals surface area contributed by atoms with Crippen molar-refractivity contribution in [3.05, 3.63) is 94.5 Å². The van der Waals surface area contributed by atoms with E-state index in [-0.39, 0.29) is 5.91 Å². The van der Waals surface area contributed by atoms with Crippen LogP contribution < -0.4 is 10.8 Å². The Hall–Kier alpha value is -3.15. The second-order valence-corrected chi connectivity index (χ2v) is 6.67. The molecule has 3 aromatic carbocycles. The van der Waals surface area contributed by atoms with Gasteiger partial charge in [0.15, 0.2) is 0 Å². The maximum absolute atomic E-state index is 12.4. The van der Waals surface area contributed by atoms with Crippen LogP contribution in [0.2, 0.25) is 5.02 Å². The summed E-state index contributed by atoms with van der Waals surface area (Å²) in [6.07, 6.45) is 0.695. The normalized spacial score (nSPS) is 10.4. The number of carbonyl (C=O) groups is 2. The molecule has 3 aromatic rings. The van der Waals surface area contributed by atoms with Gasteiger partial charge in [0.2, 0.25) is 0 Å². The van der Waals surface area contributed by atoms with Crippen LogP contribution in [0.3, 0.4) is 0 Å². The average Bonchev–Trinajstić information content (AvgIpc) is 2.73. The van der Waals surface area contributed by atoms with Crippen molar-refractivity contribution in [1.29, 1.82) is 0 Å². The third-order valence-corrected chi connectivity index (χ3v) is 4.53. The highest BCUT2D eigenvalue weighted by molar-refractivity contribution is 6.30. The predicted octanol–water partition coefficient (Wildman–Crippen LogP) is 4.10. The summed E-state index contributed by atoms with van der Waals surface area (Å²) in [7, 11) is 0. The summed E-state index contributed by atoms with van der Waals surface area (Å²) in [5.41, 5.74) is 5.29. The second kappa shape index (κ2) is 9.17. The molecule has 142 valence electrons. The van der Waals surface area contributed by atoms with E-state index >= 15 is 0 Å². The lowest BCUT2D eigenvalue weighted by molar-refractivity contribution is 0.0706. The second-order valence-electron chi connectivity index (χ2n) is 6.23. The van der Waals surface area contributed by atoms with Gasteiger partial charge in [-0.05, 0) is 59.5 Å². The molecule has 3 N–H and O–H groups in total. The van der Waals surface area contributed by atoms with Crippen LogP contribution in [0.25, 0.3) is 11.1 Å². The van der Waals surface area contributed by atoms with Crippen LogP contribution >= 0.6 is 11.6 Å². The van der Waals surface area contributed by atoms with Crippen molar-refractivity contribution < 1.29 is 14.8 Å². The number of hydrogen-bond donors (Lipinski definition) is 3. The van der Waals surface area contributed by atoms with Crippen molar-refractivity contribution in [2.45, 2.75) is 6.42 Å². The van der Waals surface area contributed by atoms with Crippen molar-refractivity contribution >= 4 is 23.4 Å². The minimum absolute atomic E-state index is 0.153. The molecule has 0 saturated carbocycles. The molecule has 0 aliphatic heterocycles. The van der Waals surface area contributed by atoms with Crippen LogP contribution in [-0.2, 0) is 6.42 Å². The van der Waals surface area contributed by atoms with Gasteiger partial charge in [-0.3, -0.25) is 14.8 Å². The maximum atomic E-state index is 12.4. The van der Waals surface area contributed by atoms with Gasteiger partial charge in [0, 0.05) is 22.7 Å². The molecule has 0 radical (unpaired) electrons. The Morgan fingerprint density at radius 2 is 1.57 bits per heavy atom. The Labute approximate surface area is 167 Å². The summed E-state index contributed by atoms with van der Waals surface area (Å²) in [5, 5.41) is 12.3. The van der Waals surface area contributed by atoms with Gasteiger partial charge in [0.05, 0.1) is 0 Å². The van der Waals surface area contributed by atoms with E-state index in [1.165, 1.54) is 0 Å². The Kier molecular flexibility index (Phi) is 6.42. The topological polar surface area (TPSA) is 78.4 Å². The van der Waals surface area contributed by atoms with Crippen molar-refractivity contribution in [3.63, 3.8) is 0 Å². The van der Waals surface area contributed by atoms with Crippen LogP contribution in [0.15, 0.2) is 72.8 Å². The van der Waals surface area contributed by atoms with Crippen LogP contribution in [0.5, 0.6) is 0 Å². The predicted molar refractivity (Wildman–Crippen MR) is 109 cm³/mol. The van der Waals surface area contributed by atoms with Crippen LogP contribution in [0.4, 0.5) is 0 Å². The first-order valence-corrected chi connectivity index (χ1v) is 9.12. The minimum atomic E-state index is -0.570. The van der Waals surface area contributed by atoms with E-state index in [0.29, 0.717) is 29.1 Å². The van der Waals surface area contributed by atoms with Crippen LogP contribution in [0, 0.1) is 0 Å². The zero-order valence-corrected chi connectivity index (χ0v) is 15.7. The SMILES string of the molecule is O=C(NO)c1ccc(-c2cccc(C(=O)NCCc3cccc(Cl)c3)c2)cc1. The molecule has 0 spiro atoms. The van der Waals surface area contributed by atoms with E-state index in [1.54, 1.807) is 41.9 Å². The molecule has 28 heavy (non-hydrogen) atoms. The molecule has 0 atom stereocenters. The molecule has 0 aliphatic rings. The molecule has 2 amide bonds. The average molecular weight is 395 g/mol. The maximum Gasteiger partial charge on any atom is 0.274 e. The first kappa shape index (κ1) is 19.6. The summed E-state index contributed by atoms with van der Waals surface area (Å²) in [5.74, 6) is -0.723. The lowest BCUT2D eigenvalue weighted by Gasteiger charge is -2.08. The van der Waals surface area contributed by atoms with Gasteiger partial charge >= 0.3 is 0 Å².